The third-order valence-corrected chi connectivity index (χ3v) is 5.40. The number of methoxy groups -OCH3 is 2. The summed E-state index contributed by atoms with van der Waals surface area (Å²) in [4.78, 5) is 12.9. The predicted octanol–water partition coefficient (Wildman–Crippen LogP) is 4.03. The number of carbonyl (C=O) groups excluding carboxylic acids is 1. The molecule has 3 N–H and O–H groups in total. The van der Waals surface area contributed by atoms with Gasteiger partial charge in [-0.3, -0.25) is 4.79 Å². The van der Waals surface area contributed by atoms with Gasteiger partial charge in [0.25, 0.3) is 0 Å². The zero-order valence-electron chi connectivity index (χ0n) is 16.6. The fourth-order valence-electron chi connectivity index (χ4n) is 3.89. The molecule has 0 bridgehead atoms. The van der Waals surface area contributed by atoms with Gasteiger partial charge < -0.3 is 24.8 Å². The lowest BCUT2D eigenvalue weighted by Gasteiger charge is -2.30. The summed E-state index contributed by atoms with van der Waals surface area (Å²) in [5, 5.41) is 31.4. The van der Waals surface area contributed by atoms with Gasteiger partial charge in [0.1, 0.15) is 28.6 Å². The van der Waals surface area contributed by atoms with E-state index in [0.717, 1.165) is 12.8 Å². The second kappa shape index (κ2) is 9.01. The van der Waals surface area contributed by atoms with Gasteiger partial charge in [-0.05, 0) is 31.1 Å². The summed E-state index contributed by atoms with van der Waals surface area (Å²) >= 11 is 0. The maximum absolute atomic E-state index is 12.9. The molecular weight excluding hydrogens is 372 g/mol. The smallest absolute Gasteiger partial charge is 0.193 e. The molecule has 3 rings (SSSR count). The van der Waals surface area contributed by atoms with Crippen LogP contribution in [0.4, 0.5) is 0 Å². The van der Waals surface area contributed by atoms with E-state index in [9.17, 15) is 20.1 Å². The minimum Gasteiger partial charge on any atom is -0.507 e. The van der Waals surface area contributed by atoms with Crippen LogP contribution in [0.5, 0.6) is 23.0 Å². The number of aliphatic hydroxyl groups excluding tert-OH is 1. The third kappa shape index (κ3) is 4.22. The van der Waals surface area contributed by atoms with E-state index in [4.69, 9.17) is 9.47 Å². The van der Waals surface area contributed by atoms with Gasteiger partial charge in [-0.15, -0.1) is 0 Å². The number of rotatable bonds is 6. The molecule has 0 aromatic heterocycles. The first-order chi connectivity index (χ1) is 14.0. The molecule has 0 amide bonds. The monoisotopic (exact) mass is 398 g/mol. The summed E-state index contributed by atoms with van der Waals surface area (Å²) in [6.45, 7) is 0. The highest BCUT2D eigenvalue weighted by molar-refractivity contribution is 6.11. The van der Waals surface area contributed by atoms with Crippen molar-refractivity contribution in [3.8, 4) is 23.0 Å². The van der Waals surface area contributed by atoms with Crippen molar-refractivity contribution in [1.29, 1.82) is 0 Å². The topological polar surface area (TPSA) is 96.2 Å². The molecule has 154 valence electrons. The Bertz CT molecular complexity index is 918. The van der Waals surface area contributed by atoms with Gasteiger partial charge in [0, 0.05) is 23.1 Å². The number of allylic oxidation sites excluding steroid dienone is 1. The van der Waals surface area contributed by atoms with Crippen molar-refractivity contribution in [3.05, 3.63) is 53.1 Å². The quantitative estimate of drug-likeness (QED) is 0.502. The van der Waals surface area contributed by atoms with E-state index in [0.29, 0.717) is 29.7 Å². The number of benzene rings is 2. The SMILES string of the molecule is COc1cc(OC)c([C@@H]2CCCC[C@H]2O)c(O)c1C(=O)/C=C\c1ccccc1O. The van der Waals surface area contributed by atoms with Crippen LogP contribution in [0.3, 0.4) is 0 Å². The average molecular weight is 398 g/mol. The molecule has 0 spiro atoms. The second-order valence-electron chi connectivity index (χ2n) is 7.13. The zero-order chi connectivity index (χ0) is 21.0. The summed E-state index contributed by atoms with van der Waals surface area (Å²) < 4.78 is 10.8. The maximum atomic E-state index is 12.9. The van der Waals surface area contributed by atoms with Crippen molar-refractivity contribution in [2.24, 2.45) is 0 Å². The van der Waals surface area contributed by atoms with Crippen LogP contribution in [0.15, 0.2) is 36.4 Å². The second-order valence-corrected chi connectivity index (χ2v) is 7.13. The normalized spacial score (nSPS) is 19.3. The zero-order valence-corrected chi connectivity index (χ0v) is 16.6. The van der Waals surface area contributed by atoms with Gasteiger partial charge in [0.15, 0.2) is 5.78 Å². The Kier molecular flexibility index (Phi) is 6.44. The summed E-state index contributed by atoms with van der Waals surface area (Å²) in [5.41, 5.74) is 0.920. The molecule has 2 atom stereocenters. The van der Waals surface area contributed by atoms with E-state index in [-0.39, 0.29) is 28.7 Å². The molecule has 0 aliphatic heterocycles. The molecule has 0 radical (unpaired) electrons. The lowest BCUT2D eigenvalue weighted by molar-refractivity contribution is 0.101. The fourth-order valence-corrected chi connectivity index (χ4v) is 3.89. The number of phenolic OH excluding ortho intramolecular Hbond substituents is 2. The molecule has 6 heteroatoms. The summed E-state index contributed by atoms with van der Waals surface area (Å²) in [6, 6.07) is 8.20. The van der Waals surface area contributed by atoms with Crippen LogP contribution in [-0.4, -0.2) is 41.4 Å². The number of ether oxygens (including phenoxy) is 2. The molecule has 0 saturated heterocycles. The van der Waals surface area contributed by atoms with E-state index in [1.165, 1.54) is 32.4 Å². The number of ketones is 1. The van der Waals surface area contributed by atoms with Gasteiger partial charge in [-0.2, -0.15) is 0 Å². The maximum Gasteiger partial charge on any atom is 0.193 e. The van der Waals surface area contributed by atoms with Crippen molar-refractivity contribution < 1.29 is 29.6 Å². The molecule has 6 nitrogen and oxygen atoms in total. The van der Waals surface area contributed by atoms with Crippen LogP contribution >= 0.6 is 0 Å². The summed E-state index contributed by atoms with van der Waals surface area (Å²) in [7, 11) is 2.89. The van der Waals surface area contributed by atoms with Crippen LogP contribution in [0.25, 0.3) is 6.08 Å². The number of phenols is 2. The Morgan fingerprint density at radius 3 is 2.41 bits per heavy atom. The fraction of sp³-hybridized carbons (Fsp3) is 0.348. The number of aromatic hydroxyl groups is 2. The van der Waals surface area contributed by atoms with Gasteiger partial charge >= 0.3 is 0 Å². The van der Waals surface area contributed by atoms with E-state index in [1.54, 1.807) is 24.3 Å². The van der Waals surface area contributed by atoms with Crippen LogP contribution < -0.4 is 9.47 Å². The molecule has 1 aliphatic rings. The van der Waals surface area contributed by atoms with E-state index in [1.807, 2.05) is 0 Å². The Morgan fingerprint density at radius 2 is 1.76 bits per heavy atom. The third-order valence-electron chi connectivity index (χ3n) is 5.40. The highest BCUT2D eigenvalue weighted by Crippen LogP contribution is 2.47. The van der Waals surface area contributed by atoms with Crippen LogP contribution in [0, 0.1) is 0 Å². The lowest BCUT2D eigenvalue weighted by Crippen LogP contribution is -2.23. The average Bonchev–Trinajstić information content (AvgIpc) is 2.73. The first kappa shape index (κ1) is 20.7. The lowest BCUT2D eigenvalue weighted by atomic mass is 9.80. The van der Waals surface area contributed by atoms with Crippen molar-refractivity contribution in [1.82, 2.24) is 0 Å². The largest absolute Gasteiger partial charge is 0.507 e. The highest BCUT2D eigenvalue weighted by atomic mass is 16.5. The molecule has 1 aliphatic carbocycles. The Hall–Kier alpha value is -2.99. The van der Waals surface area contributed by atoms with E-state index >= 15 is 0 Å². The predicted molar refractivity (Wildman–Crippen MR) is 110 cm³/mol. The van der Waals surface area contributed by atoms with Crippen LogP contribution in [0.1, 0.15) is 53.1 Å². The van der Waals surface area contributed by atoms with Gasteiger partial charge in [0.05, 0.1) is 20.3 Å². The van der Waals surface area contributed by atoms with Crippen LogP contribution in [-0.2, 0) is 0 Å². The molecule has 29 heavy (non-hydrogen) atoms. The molecular formula is C23H26O6. The first-order valence-electron chi connectivity index (χ1n) is 9.64. The molecule has 2 aromatic rings. The molecule has 0 unspecified atom stereocenters. The summed E-state index contributed by atoms with van der Waals surface area (Å²) in [6.07, 6.45) is 5.32. The van der Waals surface area contributed by atoms with Crippen LogP contribution in [0.2, 0.25) is 0 Å². The Balaban J connectivity index is 2.06. The van der Waals surface area contributed by atoms with Crippen molar-refractivity contribution in [2.75, 3.05) is 14.2 Å². The molecule has 0 heterocycles. The Labute approximate surface area is 170 Å². The number of para-hydroxylation sites is 1. The summed E-state index contributed by atoms with van der Waals surface area (Å²) in [5.74, 6) is -0.422. The molecule has 2 aromatic carbocycles. The van der Waals surface area contributed by atoms with Gasteiger partial charge in [0.2, 0.25) is 0 Å². The van der Waals surface area contributed by atoms with Gasteiger partial charge in [-0.1, -0.05) is 31.0 Å². The number of carbonyl (C=O) groups is 1. The van der Waals surface area contributed by atoms with E-state index < -0.39 is 11.9 Å². The highest BCUT2D eigenvalue weighted by Gasteiger charge is 2.33. The van der Waals surface area contributed by atoms with Crippen molar-refractivity contribution in [3.63, 3.8) is 0 Å². The van der Waals surface area contributed by atoms with Crippen molar-refractivity contribution in [2.45, 2.75) is 37.7 Å². The minimum atomic E-state index is -0.614. The van der Waals surface area contributed by atoms with Crippen molar-refractivity contribution >= 4 is 11.9 Å². The number of aliphatic hydroxyl groups is 1. The standard InChI is InChI=1S/C23H26O6/c1-28-19-13-20(29-2)22(18(26)12-11-14-7-3-5-9-16(14)24)23(27)21(19)15-8-4-6-10-17(15)25/h3,5,7,9,11-13,15,17,24-25,27H,4,6,8,10H2,1-2H3/b12-11-/t15-,17-/m1/s1. The number of hydrogen-bond acceptors (Lipinski definition) is 6. The molecule has 1 saturated carbocycles. The first-order valence-corrected chi connectivity index (χ1v) is 9.64. The molecule has 1 fully saturated rings. The van der Waals surface area contributed by atoms with E-state index in [2.05, 4.69) is 0 Å². The minimum absolute atomic E-state index is 0.00717. The Morgan fingerprint density at radius 1 is 1.07 bits per heavy atom. The number of hydrogen-bond donors (Lipinski definition) is 3. The van der Waals surface area contributed by atoms with Gasteiger partial charge in [-0.25, -0.2) is 0 Å².